The molecule has 2 aliphatic heterocycles. The summed E-state index contributed by atoms with van der Waals surface area (Å²) in [6, 6.07) is 8.77. The van der Waals surface area contributed by atoms with Crippen molar-refractivity contribution < 1.29 is 4.74 Å². The molecule has 1 aromatic rings. The highest BCUT2D eigenvalue weighted by molar-refractivity contribution is 14.0. The number of nitrogens with one attached hydrogen (secondary N) is 1. The van der Waals surface area contributed by atoms with Gasteiger partial charge in [-0.05, 0) is 49.4 Å². The molecule has 0 radical (unpaired) electrons. The van der Waals surface area contributed by atoms with Crippen molar-refractivity contribution in [3.05, 3.63) is 35.4 Å². The second-order valence-electron chi connectivity index (χ2n) is 7.15. The van der Waals surface area contributed by atoms with E-state index in [9.17, 15) is 0 Å². The van der Waals surface area contributed by atoms with Crippen LogP contribution >= 0.6 is 24.0 Å². The molecule has 0 amide bonds. The summed E-state index contributed by atoms with van der Waals surface area (Å²) in [4.78, 5) is 9.42. The van der Waals surface area contributed by atoms with Crippen molar-refractivity contribution in [2.45, 2.75) is 25.8 Å². The minimum Gasteiger partial charge on any atom is -0.383 e. The molecule has 2 heterocycles. The molecule has 1 N–H and O–H groups in total. The summed E-state index contributed by atoms with van der Waals surface area (Å²) in [5.41, 5.74) is 2.92. The van der Waals surface area contributed by atoms with Gasteiger partial charge in [-0.15, -0.1) is 24.0 Å². The monoisotopic (exact) mass is 472 g/mol. The molecule has 1 aromatic carbocycles. The predicted molar refractivity (Wildman–Crippen MR) is 118 cm³/mol. The molecule has 1 saturated heterocycles. The number of hydrogen-bond acceptors (Lipinski definition) is 3. The fraction of sp³-hybridized carbons (Fsp3) is 0.650. The molecule has 0 spiro atoms. The Kier molecular flexibility index (Phi) is 9.15. The third-order valence-electron chi connectivity index (χ3n) is 5.51. The van der Waals surface area contributed by atoms with Gasteiger partial charge in [0.05, 0.1) is 6.61 Å². The molecular formula is C20H33IN4O. The number of halogens is 1. The summed E-state index contributed by atoms with van der Waals surface area (Å²) in [6.07, 6.45) is 3.63. The highest BCUT2D eigenvalue weighted by Gasteiger charge is 2.22. The Labute approximate surface area is 175 Å². The van der Waals surface area contributed by atoms with E-state index in [0.29, 0.717) is 0 Å². The van der Waals surface area contributed by atoms with Gasteiger partial charge in [0, 0.05) is 40.3 Å². The average Bonchev–Trinajstić information content (AvgIpc) is 2.67. The Balaban J connectivity index is 0.00000243. The van der Waals surface area contributed by atoms with Crippen LogP contribution in [-0.2, 0) is 17.7 Å². The zero-order chi connectivity index (χ0) is 17.5. The molecule has 26 heavy (non-hydrogen) atoms. The van der Waals surface area contributed by atoms with E-state index in [2.05, 4.69) is 44.4 Å². The van der Waals surface area contributed by atoms with Crippen LogP contribution in [0.4, 0.5) is 0 Å². The second-order valence-corrected chi connectivity index (χ2v) is 7.15. The lowest BCUT2D eigenvalue weighted by atomic mass is 9.97. The zero-order valence-electron chi connectivity index (χ0n) is 16.1. The van der Waals surface area contributed by atoms with E-state index < -0.39 is 0 Å². The van der Waals surface area contributed by atoms with Crippen molar-refractivity contribution in [1.29, 1.82) is 0 Å². The van der Waals surface area contributed by atoms with Crippen LogP contribution in [0.15, 0.2) is 29.3 Å². The third kappa shape index (κ3) is 5.82. The second kappa shape index (κ2) is 11.1. The molecule has 0 unspecified atom stereocenters. The smallest absolute Gasteiger partial charge is 0.193 e. The summed E-state index contributed by atoms with van der Waals surface area (Å²) in [7, 11) is 3.68. The molecule has 5 nitrogen and oxygen atoms in total. The fourth-order valence-electron chi connectivity index (χ4n) is 3.88. The number of likely N-dealkylation sites (tertiary alicyclic amines) is 1. The van der Waals surface area contributed by atoms with Crippen LogP contribution in [0.3, 0.4) is 0 Å². The Morgan fingerprint density at radius 3 is 2.62 bits per heavy atom. The van der Waals surface area contributed by atoms with Crippen LogP contribution in [0.5, 0.6) is 0 Å². The van der Waals surface area contributed by atoms with Crippen LogP contribution in [0.25, 0.3) is 0 Å². The molecule has 146 valence electrons. The van der Waals surface area contributed by atoms with Gasteiger partial charge in [-0.25, -0.2) is 0 Å². The first-order valence-electron chi connectivity index (χ1n) is 9.54. The van der Waals surface area contributed by atoms with Crippen LogP contribution in [0, 0.1) is 5.92 Å². The maximum Gasteiger partial charge on any atom is 0.193 e. The summed E-state index contributed by atoms with van der Waals surface area (Å²) < 4.78 is 5.18. The summed E-state index contributed by atoms with van der Waals surface area (Å²) in [5, 5.41) is 3.63. The predicted octanol–water partition coefficient (Wildman–Crippen LogP) is 2.60. The number of methoxy groups -OCH3 is 1. The molecule has 0 saturated carbocycles. The zero-order valence-corrected chi connectivity index (χ0v) is 18.4. The van der Waals surface area contributed by atoms with E-state index in [1.807, 2.05) is 7.05 Å². The first-order valence-corrected chi connectivity index (χ1v) is 9.54. The maximum absolute atomic E-state index is 5.18. The molecular weight excluding hydrogens is 439 g/mol. The molecule has 0 atom stereocenters. The molecule has 0 aliphatic carbocycles. The number of benzene rings is 1. The molecule has 0 aromatic heterocycles. The molecule has 2 aliphatic rings. The van der Waals surface area contributed by atoms with Gasteiger partial charge in [-0.3, -0.25) is 4.99 Å². The largest absolute Gasteiger partial charge is 0.383 e. The van der Waals surface area contributed by atoms with Crippen molar-refractivity contribution in [3.63, 3.8) is 0 Å². The van der Waals surface area contributed by atoms with E-state index >= 15 is 0 Å². The number of fused-ring (bicyclic) bond motifs is 1. The van der Waals surface area contributed by atoms with E-state index in [-0.39, 0.29) is 24.0 Å². The first kappa shape index (κ1) is 21.4. The van der Waals surface area contributed by atoms with Gasteiger partial charge in [-0.1, -0.05) is 24.3 Å². The fourth-order valence-corrected chi connectivity index (χ4v) is 3.88. The first-order chi connectivity index (χ1) is 12.3. The number of aliphatic imine (C=N–C) groups is 1. The molecule has 0 bridgehead atoms. The number of rotatable bonds is 5. The lowest BCUT2D eigenvalue weighted by Crippen LogP contribution is -2.46. The average molecular weight is 472 g/mol. The Morgan fingerprint density at radius 1 is 1.19 bits per heavy atom. The Hall–Kier alpha value is -0.860. The minimum absolute atomic E-state index is 0. The maximum atomic E-state index is 5.18. The summed E-state index contributed by atoms with van der Waals surface area (Å²) in [5.74, 6) is 1.80. The molecule has 1 fully saturated rings. The van der Waals surface area contributed by atoms with E-state index in [1.54, 1.807) is 7.11 Å². The van der Waals surface area contributed by atoms with Crippen molar-refractivity contribution >= 4 is 29.9 Å². The van der Waals surface area contributed by atoms with E-state index in [0.717, 1.165) is 51.1 Å². The van der Waals surface area contributed by atoms with Crippen molar-refractivity contribution in [1.82, 2.24) is 15.1 Å². The van der Waals surface area contributed by atoms with Crippen LogP contribution < -0.4 is 5.32 Å². The summed E-state index contributed by atoms with van der Waals surface area (Å²) >= 11 is 0. The van der Waals surface area contributed by atoms with Crippen LogP contribution in [0.1, 0.15) is 24.0 Å². The highest BCUT2D eigenvalue weighted by atomic mass is 127. The SMILES string of the molecule is CN=C(NCC1CCN(CCOC)CC1)N1CCc2ccccc2C1.I. The topological polar surface area (TPSA) is 40.1 Å². The summed E-state index contributed by atoms with van der Waals surface area (Å²) in [6.45, 7) is 7.31. The number of piperidine rings is 1. The lowest BCUT2D eigenvalue weighted by molar-refractivity contribution is 0.120. The number of nitrogens with zero attached hydrogens (tertiary/aromatic N) is 3. The Bertz CT molecular complexity index is 573. The number of guanidine groups is 1. The van der Waals surface area contributed by atoms with Gasteiger partial charge >= 0.3 is 0 Å². The van der Waals surface area contributed by atoms with Crippen molar-refractivity contribution in [2.75, 3.05) is 53.5 Å². The standard InChI is InChI=1S/C20H32N4O.HI/c1-21-20(24-12-9-18-5-3-4-6-19(18)16-24)22-15-17-7-10-23(11-8-17)13-14-25-2;/h3-6,17H,7-16H2,1-2H3,(H,21,22);1H. The van der Waals surface area contributed by atoms with Crippen molar-refractivity contribution in [2.24, 2.45) is 10.9 Å². The van der Waals surface area contributed by atoms with Gasteiger partial charge in [-0.2, -0.15) is 0 Å². The van der Waals surface area contributed by atoms with E-state index in [1.165, 1.54) is 37.1 Å². The van der Waals surface area contributed by atoms with Gasteiger partial charge in [0.15, 0.2) is 5.96 Å². The van der Waals surface area contributed by atoms with Gasteiger partial charge in [0.1, 0.15) is 0 Å². The lowest BCUT2D eigenvalue weighted by Gasteiger charge is -2.34. The normalized spacial score (nSPS) is 19.0. The minimum atomic E-state index is 0. The van der Waals surface area contributed by atoms with Gasteiger partial charge < -0.3 is 19.9 Å². The quantitative estimate of drug-likeness (QED) is 0.407. The van der Waals surface area contributed by atoms with Gasteiger partial charge in [0.2, 0.25) is 0 Å². The molecule has 6 heteroatoms. The number of hydrogen-bond donors (Lipinski definition) is 1. The van der Waals surface area contributed by atoms with Crippen molar-refractivity contribution in [3.8, 4) is 0 Å². The Morgan fingerprint density at radius 2 is 1.92 bits per heavy atom. The van der Waals surface area contributed by atoms with E-state index in [4.69, 9.17) is 4.74 Å². The third-order valence-corrected chi connectivity index (χ3v) is 5.51. The molecule has 3 rings (SSSR count). The van der Waals surface area contributed by atoms with Crippen LogP contribution in [-0.4, -0.2) is 69.2 Å². The van der Waals surface area contributed by atoms with Gasteiger partial charge in [0.25, 0.3) is 0 Å². The number of ether oxygens (including phenoxy) is 1. The van der Waals surface area contributed by atoms with Crippen LogP contribution in [0.2, 0.25) is 0 Å². The highest BCUT2D eigenvalue weighted by Crippen LogP contribution is 2.19.